The molecule has 7 heteroatoms. The first-order valence-corrected chi connectivity index (χ1v) is 10.5. The van der Waals surface area contributed by atoms with Gasteiger partial charge in [0.1, 0.15) is 10.6 Å². The van der Waals surface area contributed by atoms with Crippen molar-refractivity contribution in [1.82, 2.24) is 10.0 Å². The quantitative estimate of drug-likeness (QED) is 0.797. The Balaban J connectivity index is 1.88. The van der Waals surface area contributed by atoms with Gasteiger partial charge in [-0.05, 0) is 48.6 Å². The molecular formula is C20H24N2O4S. The summed E-state index contributed by atoms with van der Waals surface area (Å²) in [6.45, 7) is 1.95. The average Bonchev–Trinajstić information content (AvgIpc) is 2.67. The number of ether oxygens (including phenoxy) is 1. The van der Waals surface area contributed by atoms with Crippen molar-refractivity contribution in [3.8, 4) is 5.75 Å². The summed E-state index contributed by atoms with van der Waals surface area (Å²) in [7, 11) is -2.34. The SMILES string of the molecule is CCNS(=O)(=O)c1cc(C(=O)N[C@H]2CCCc3ccccc32)ccc1OC. The van der Waals surface area contributed by atoms with Crippen LogP contribution in [0.3, 0.4) is 0 Å². The van der Waals surface area contributed by atoms with E-state index < -0.39 is 10.0 Å². The van der Waals surface area contributed by atoms with E-state index in [2.05, 4.69) is 16.1 Å². The Labute approximate surface area is 160 Å². The minimum atomic E-state index is -3.75. The molecule has 0 spiro atoms. The number of sulfonamides is 1. The van der Waals surface area contributed by atoms with Crippen molar-refractivity contribution in [2.24, 2.45) is 0 Å². The summed E-state index contributed by atoms with van der Waals surface area (Å²) >= 11 is 0. The van der Waals surface area contributed by atoms with Crippen molar-refractivity contribution in [1.29, 1.82) is 0 Å². The number of aryl methyl sites for hydroxylation is 1. The average molecular weight is 388 g/mol. The molecule has 1 amide bonds. The van der Waals surface area contributed by atoms with Crippen molar-refractivity contribution < 1.29 is 17.9 Å². The van der Waals surface area contributed by atoms with Crippen LogP contribution in [0.5, 0.6) is 5.75 Å². The van der Waals surface area contributed by atoms with E-state index in [1.54, 1.807) is 13.0 Å². The lowest BCUT2D eigenvalue weighted by Crippen LogP contribution is -2.31. The fraction of sp³-hybridized carbons (Fsp3) is 0.350. The van der Waals surface area contributed by atoms with Crippen LogP contribution in [0.15, 0.2) is 47.4 Å². The van der Waals surface area contributed by atoms with Crippen LogP contribution < -0.4 is 14.8 Å². The normalized spacial score (nSPS) is 16.4. The number of rotatable bonds is 6. The van der Waals surface area contributed by atoms with E-state index in [1.807, 2.05) is 18.2 Å². The van der Waals surface area contributed by atoms with E-state index in [0.717, 1.165) is 24.8 Å². The summed E-state index contributed by atoms with van der Waals surface area (Å²) in [6, 6.07) is 12.5. The maximum absolute atomic E-state index is 12.8. The summed E-state index contributed by atoms with van der Waals surface area (Å²) in [5, 5.41) is 3.04. The summed E-state index contributed by atoms with van der Waals surface area (Å²) in [4.78, 5) is 12.8. The first-order chi connectivity index (χ1) is 13.0. The first-order valence-electron chi connectivity index (χ1n) is 9.02. The highest BCUT2D eigenvalue weighted by Crippen LogP contribution is 2.30. The molecular weight excluding hydrogens is 364 g/mol. The Morgan fingerprint density at radius 1 is 1.22 bits per heavy atom. The van der Waals surface area contributed by atoms with E-state index in [4.69, 9.17) is 4.74 Å². The molecule has 0 unspecified atom stereocenters. The monoisotopic (exact) mass is 388 g/mol. The highest BCUT2D eigenvalue weighted by Gasteiger charge is 2.24. The number of fused-ring (bicyclic) bond motifs is 1. The Kier molecular flexibility index (Phi) is 5.82. The molecule has 0 aromatic heterocycles. The Hall–Kier alpha value is -2.38. The molecule has 1 atom stereocenters. The molecule has 27 heavy (non-hydrogen) atoms. The molecule has 1 aliphatic rings. The van der Waals surface area contributed by atoms with Gasteiger partial charge in [-0.2, -0.15) is 0 Å². The Morgan fingerprint density at radius 2 is 2.00 bits per heavy atom. The molecule has 2 aromatic rings. The molecule has 0 radical (unpaired) electrons. The Bertz CT molecular complexity index is 941. The number of amides is 1. The minimum Gasteiger partial charge on any atom is -0.495 e. The third-order valence-electron chi connectivity index (χ3n) is 4.72. The van der Waals surface area contributed by atoms with Gasteiger partial charge in [-0.15, -0.1) is 0 Å². The number of nitrogens with one attached hydrogen (secondary N) is 2. The first kappa shape index (κ1) is 19.4. The number of benzene rings is 2. The standard InChI is InChI=1S/C20H24N2O4S/c1-3-21-27(24,25)19-13-15(11-12-18(19)26-2)20(23)22-17-10-6-8-14-7-4-5-9-16(14)17/h4-5,7,9,11-13,17,21H,3,6,8,10H2,1-2H3,(H,22,23)/t17-/m0/s1. The van der Waals surface area contributed by atoms with Crippen molar-refractivity contribution >= 4 is 15.9 Å². The lowest BCUT2D eigenvalue weighted by Gasteiger charge is -2.26. The smallest absolute Gasteiger partial charge is 0.251 e. The number of hydrogen-bond donors (Lipinski definition) is 2. The van der Waals surface area contributed by atoms with Gasteiger partial charge in [0.15, 0.2) is 0 Å². The maximum Gasteiger partial charge on any atom is 0.251 e. The van der Waals surface area contributed by atoms with E-state index >= 15 is 0 Å². The van der Waals surface area contributed by atoms with Crippen LogP contribution in [0.4, 0.5) is 0 Å². The number of methoxy groups -OCH3 is 1. The highest BCUT2D eigenvalue weighted by molar-refractivity contribution is 7.89. The second-order valence-corrected chi connectivity index (χ2v) is 8.22. The van der Waals surface area contributed by atoms with Crippen LogP contribution in [0, 0.1) is 0 Å². The lowest BCUT2D eigenvalue weighted by atomic mass is 9.87. The molecule has 0 saturated carbocycles. The largest absolute Gasteiger partial charge is 0.495 e. The minimum absolute atomic E-state index is 0.0384. The van der Waals surface area contributed by atoms with Gasteiger partial charge in [0.2, 0.25) is 10.0 Å². The number of hydrogen-bond acceptors (Lipinski definition) is 4. The van der Waals surface area contributed by atoms with Crippen molar-refractivity contribution in [2.45, 2.75) is 37.1 Å². The van der Waals surface area contributed by atoms with Gasteiger partial charge < -0.3 is 10.1 Å². The molecule has 0 saturated heterocycles. The topological polar surface area (TPSA) is 84.5 Å². The molecule has 144 valence electrons. The van der Waals surface area contributed by atoms with Gasteiger partial charge in [-0.3, -0.25) is 4.79 Å². The zero-order valence-electron chi connectivity index (χ0n) is 15.5. The molecule has 6 nitrogen and oxygen atoms in total. The lowest BCUT2D eigenvalue weighted by molar-refractivity contribution is 0.0932. The zero-order valence-corrected chi connectivity index (χ0v) is 16.3. The van der Waals surface area contributed by atoms with Crippen LogP contribution in [0.25, 0.3) is 0 Å². The zero-order chi connectivity index (χ0) is 19.4. The molecule has 0 heterocycles. The van der Waals surface area contributed by atoms with Crippen LogP contribution in [-0.4, -0.2) is 28.0 Å². The second kappa shape index (κ2) is 8.10. The summed E-state index contributed by atoms with van der Waals surface area (Å²) in [5.74, 6) is -0.0946. The van der Waals surface area contributed by atoms with Crippen LogP contribution in [0.2, 0.25) is 0 Å². The molecule has 0 aliphatic heterocycles. The van der Waals surface area contributed by atoms with E-state index in [-0.39, 0.29) is 34.7 Å². The third kappa shape index (κ3) is 4.14. The predicted octanol–water partition coefficient (Wildman–Crippen LogP) is 2.80. The highest BCUT2D eigenvalue weighted by atomic mass is 32.2. The fourth-order valence-corrected chi connectivity index (χ4v) is 4.68. The van der Waals surface area contributed by atoms with E-state index in [9.17, 15) is 13.2 Å². The van der Waals surface area contributed by atoms with Gasteiger partial charge in [0.25, 0.3) is 5.91 Å². The van der Waals surface area contributed by atoms with Gasteiger partial charge in [-0.25, -0.2) is 13.1 Å². The van der Waals surface area contributed by atoms with Gasteiger partial charge in [0.05, 0.1) is 13.2 Å². The van der Waals surface area contributed by atoms with Crippen molar-refractivity contribution in [3.63, 3.8) is 0 Å². The van der Waals surface area contributed by atoms with Crippen molar-refractivity contribution in [3.05, 3.63) is 59.2 Å². The van der Waals surface area contributed by atoms with Crippen LogP contribution >= 0.6 is 0 Å². The summed E-state index contributed by atoms with van der Waals surface area (Å²) in [5.41, 5.74) is 2.67. The number of carbonyl (C=O) groups excluding carboxylic acids is 1. The Morgan fingerprint density at radius 3 is 2.74 bits per heavy atom. The van der Waals surface area contributed by atoms with Crippen molar-refractivity contribution in [2.75, 3.05) is 13.7 Å². The summed E-state index contributed by atoms with van der Waals surface area (Å²) in [6.07, 6.45) is 2.88. The maximum atomic E-state index is 12.8. The molecule has 2 N–H and O–H groups in total. The number of carbonyl (C=O) groups is 1. The van der Waals surface area contributed by atoms with Gasteiger partial charge in [-0.1, -0.05) is 31.2 Å². The predicted molar refractivity (Wildman–Crippen MR) is 103 cm³/mol. The molecule has 0 bridgehead atoms. The fourth-order valence-electron chi connectivity index (χ4n) is 3.44. The van der Waals surface area contributed by atoms with E-state index in [0.29, 0.717) is 0 Å². The molecule has 0 fully saturated rings. The molecule has 2 aromatic carbocycles. The van der Waals surface area contributed by atoms with Crippen LogP contribution in [-0.2, 0) is 16.4 Å². The van der Waals surface area contributed by atoms with Gasteiger partial charge in [0, 0.05) is 12.1 Å². The van der Waals surface area contributed by atoms with Crippen LogP contribution in [0.1, 0.15) is 47.3 Å². The molecule has 1 aliphatic carbocycles. The van der Waals surface area contributed by atoms with Gasteiger partial charge >= 0.3 is 0 Å². The molecule has 3 rings (SSSR count). The van der Waals surface area contributed by atoms with E-state index in [1.165, 1.54) is 24.8 Å². The second-order valence-electron chi connectivity index (χ2n) is 6.48. The third-order valence-corrected chi connectivity index (χ3v) is 6.29. The summed E-state index contributed by atoms with van der Waals surface area (Å²) < 4.78 is 32.4.